The van der Waals surface area contributed by atoms with Crippen LogP contribution in [-0.2, 0) is 4.74 Å². The molecule has 0 radical (unpaired) electrons. The molecule has 1 aromatic rings. The first-order chi connectivity index (χ1) is 9.19. The van der Waals surface area contributed by atoms with Gasteiger partial charge in [0, 0.05) is 22.7 Å². The number of rotatable bonds is 6. The zero-order valence-corrected chi connectivity index (χ0v) is 13.5. The molecule has 0 saturated carbocycles. The number of nitrogens with one attached hydrogen (secondary N) is 1. The van der Waals surface area contributed by atoms with Crippen LogP contribution < -0.4 is 11.1 Å². The van der Waals surface area contributed by atoms with Gasteiger partial charge < -0.3 is 20.9 Å². The average molecular weight is 345 g/mol. The third-order valence-electron chi connectivity index (χ3n) is 2.50. The van der Waals surface area contributed by atoms with Crippen molar-refractivity contribution in [3.05, 3.63) is 28.2 Å². The van der Waals surface area contributed by atoms with Gasteiger partial charge in [0.25, 0.3) is 0 Å². The number of carbonyl (C=O) groups is 1. The van der Waals surface area contributed by atoms with Gasteiger partial charge in [0.15, 0.2) is 0 Å². The van der Waals surface area contributed by atoms with Gasteiger partial charge in [-0.25, -0.2) is 4.79 Å². The summed E-state index contributed by atoms with van der Waals surface area (Å²) in [6.45, 7) is 6.74. The van der Waals surface area contributed by atoms with E-state index in [0.29, 0.717) is 18.8 Å². The highest BCUT2D eigenvalue weighted by atomic mass is 79.9. The summed E-state index contributed by atoms with van der Waals surface area (Å²) in [6, 6.07) is 4.85. The first-order valence-corrected chi connectivity index (χ1v) is 7.14. The first-order valence-electron chi connectivity index (χ1n) is 6.35. The Morgan fingerprint density at radius 1 is 1.50 bits per heavy atom. The molecule has 1 rings (SSSR count). The number of carboxylic acids is 1. The Morgan fingerprint density at radius 2 is 2.15 bits per heavy atom. The van der Waals surface area contributed by atoms with Crippen LogP contribution in [0.1, 0.15) is 31.1 Å². The molecule has 0 aliphatic heterocycles. The Balaban J connectivity index is 2.59. The van der Waals surface area contributed by atoms with Crippen molar-refractivity contribution in [3.8, 4) is 0 Å². The van der Waals surface area contributed by atoms with Gasteiger partial charge in [0.2, 0.25) is 0 Å². The summed E-state index contributed by atoms with van der Waals surface area (Å²) in [5.41, 5.74) is 6.47. The SMILES string of the molecule is CC(C)(C)OCC(N)CNc1ccc(Br)cc1C(=O)O. The molecule has 0 bridgehead atoms. The maximum absolute atomic E-state index is 11.2. The summed E-state index contributed by atoms with van der Waals surface area (Å²) in [5.74, 6) is -0.978. The molecular formula is C14H21BrN2O3. The molecule has 0 heterocycles. The number of hydrogen-bond donors (Lipinski definition) is 3. The van der Waals surface area contributed by atoms with Crippen LogP contribution in [0.3, 0.4) is 0 Å². The molecule has 0 fully saturated rings. The van der Waals surface area contributed by atoms with Gasteiger partial charge in [-0.1, -0.05) is 15.9 Å². The third kappa shape index (κ3) is 5.90. The first kappa shape index (κ1) is 16.9. The fraction of sp³-hybridized carbons (Fsp3) is 0.500. The minimum atomic E-state index is -0.978. The number of anilines is 1. The largest absolute Gasteiger partial charge is 0.478 e. The highest BCUT2D eigenvalue weighted by Crippen LogP contribution is 2.21. The van der Waals surface area contributed by atoms with E-state index in [1.54, 1.807) is 18.2 Å². The van der Waals surface area contributed by atoms with Gasteiger partial charge in [0.1, 0.15) is 0 Å². The highest BCUT2D eigenvalue weighted by Gasteiger charge is 2.14. The van der Waals surface area contributed by atoms with E-state index in [-0.39, 0.29) is 17.2 Å². The minimum absolute atomic E-state index is 0.209. The molecule has 0 spiro atoms. The van der Waals surface area contributed by atoms with Crippen LogP contribution in [0.4, 0.5) is 5.69 Å². The Bertz CT molecular complexity index is 472. The Morgan fingerprint density at radius 3 is 2.70 bits per heavy atom. The molecule has 1 aromatic carbocycles. The number of ether oxygens (including phenoxy) is 1. The van der Waals surface area contributed by atoms with Gasteiger partial charge in [-0.3, -0.25) is 0 Å². The van der Waals surface area contributed by atoms with E-state index in [9.17, 15) is 4.79 Å². The zero-order valence-electron chi connectivity index (χ0n) is 11.9. The summed E-state index contributed by atoms with van der Waals surface area (Å²) in [7, 11) is 0. The maximum Gasteiger partial charge on any atom is 0.337 e. The van der Waals surface area contributed by atoms with Gasteiger partial charge in [-0.2, -0.15) is 0 Å². The lowest BCUT2D eigenvalue weighted by Gasteiger charge is -2.23. The average Bonchev–Trinajstić information content (AvgIpc) is 2.33. The zero-order chi connectivity index (χ0) is 15.3. The van der Waals surface area contributed by atoms with E-state index in [1.165, 1.54) is 0 Å². The van der Waals surface area contributed by atoms with Crippen LogP contribution in [0, 0.1) is 0 Å². The predicted octanol–water partition coefficient (Wildman–Crippen LogP) is 2.70. The molecule has 6 heteroatoms. The van der Waals surface area contributed by atoms with E-state index in [2.05, 4.69) is 21.2 Å². The van der Waals surface area contributed by atoms with Crippen LogP contribution in [0.15, 0.2) is 22.7 Å². The smallest absolute Gasteiger partial charge is 0.337 e. The number of halogens is 1. The number of hydrogen-bond acceptors (Lipinski definition) is 4. The van der Waals surface area contributed by atoms with Crippen molar-refractivity contribution in [2.24, 2.45) is 5.73 Å². The fourth-order valence-corrected chi connectivity index (χ4v) is 1.87. The second kappa shape index (κ2) is 7.06. The van der Waals surface area contributed by atoms with Crippen molar-refractivity contribution >= 4 is 27.6 Å². The lowest BCUT2D eigenvalue weighted by molar-refractivity contribution is -0.00851. The number of benzene rings is 1. The van der Waals surface area contributed by atoms with E-state index in [0.717, 1.165) is 4.47 Å². The quantitative estimate of drug-likeness (QED) is 0.738. The van der Waals surface area contributed by atoms with Crippen molar-refractivity contribution < 1.29 is 14.6 Å². The molecule has 20 heavy (non-hydrogen) atoms. The summed E-state index contributed by atoms with van der Waals surface area (Å²) in [5, 5.41) is 12.2. The van der Waals surface area contributed by atoms with E-state index in [4.69, 9.17) is 15.6 Å². The molecule has 112 valence electrons. The number of aromatic carboxylic acids is 1. The standard InChI is InChI=1S/C14H21BrN2O3/c1-14(2,3)20-8-10(16)7-17-12-5-4-9(15)6-11(12)13(18)19/h4-6,10,17H,7-8,16H2,1-3H3,(H,18,19). The third-order valence-corrected chi connectivity index (χ3v) is 2.99. The van der Waals surface area contributed by atoms with Crippen molar-refractivity contribution in [3.63, 3.8) is 0 Å². The van der Waals surface area contributed by atoms with Crippen LogP contribution in [0.25, 0.3) is 0 Å². The summed E-state index contributed by atoms with van der Waals surface area (Å²) in [6.07, 6.45) is 0. The lowest BCUT2D eigenvalue weighted by atomic mass is 10.1. The molecular weight excluding hydrogens is 324 g/mol. The van der Waals surface area contributed by atoms with Crippen LogP contribution >= 0.6 is 15.9 Å². The molecule has 0 aromatic heterocycles. The molecule has 0 amide bonds. The summed E-state index contributed by atoms with van der Waals surface area (Å²) in [4.78, 5) is 11.2. The Kier molecular flexibility index (Phi) is 5.98. The van der Waals surface area contributed by atoms with E-state index >= 15 is 0 Å². The molecule has 1 atom stereocenters. The molecule has 0 aliphatic carbocycles. The predicted molar refractivity (Wildman–Crippen MR) is 83.3 cm³/mol. The molecule has 0 saturated heterocycles. The van der Waals surface area contributed by atoms with Crippen molar-refractivity contribution in [2.75, 3.05) is 18.5 Å². The molecule has 1 unspecified atom stereocenters. The highest BCUT2D eigenvalue weighted by molar-refractivity contribution is 9.10. The van der Waals surface area contributed by atoms with E-state index in [1.807, 2.05) is 20.8 Å². The topological polar surface area (TPSA) is 84.6 Å². The van der Waals surface area contributed by atoms with Gasteiger partial charge in [0.05, 0.1) is 17.8 Å². The molecule has 0 aliphatic rings. The number of nitrogens with two attached hydrogens (primary N) is 1. The van der Waals surface area contributed by atoms with Gasteiger partial charge in [-0.15, -0.1) is 0 Å². The van der Waals surface area contributed by atoms with Crippen molar-refractivity contribution in [1.82, 2.24) is 0 Å². The second-order valence-electron chi connectivity index (χ2n) is 5.56. The van der Waals surface area contributed by atoms with Crippen LogP contribution in [0.2, 0.25) is 0 Å². The number of carboxylic acid groups (broad SMARTS) is 1. The van der Waals surface area contributed by atoms with Gasteiger partial charge in [-0.05, 0) is 39.0 Å². The maximum atomic E-state index is 11.2. The van der Waals surface area contributed by atoms with Crippen molar-refractivity contribution in [1.29, 1.82) is 0 Å². The minimum Gasteiger partial charge on any atom is -0.478 e. The normalized spacial score (nSPS) is 13.1. The molecule has 4 N–H and O–H groups in total. The summed E-state index contributed by atoms with van der Waals surface area (Å²) < 4.78 is 6.31. The Labute approximate surface area is 127 Å². The van der Waals surface area contributed by atoms with Crippen LogP contribution in [0.5, 0.6) is 0 Å². The summed E-state index contributed by atoms with van der Waals surface area (Å²) >= 11 is 3.26. The second-order valence-corrected chi connectivity index (χ2v) is 6.48. The molecule has 5 nitrogen and oxygen atoms in total. The fourth-order valence-electron chi connectivity index (χ4n) is 1.50. The van der Waals surface area contributed by atoms with Crippen molar-refractivity contribution in [2.45, 2.75) is 32.4 Å². The van der Waals surface area contributed by atoms with Crippen LogP contribution in [-0.4, -0.2) is 35.9 Å². The van der Waals surface area contributed by atoms with E-state index < -0.39 is 5.97 Å². The monoisotopic (exact) mass is 344 g/mol. The lowest BCUT2D eigenvalue weighted by Crippen LogP contribution is -2.37. The Hall–Kier alpha value is -1.11. The van der Waals surface area contributed by atoms with Gasteiger partial charge >= 0.3 is 5.97 Å².